The Morgan fingerprint density at radius 3 is 2.62 bits per heavy atom. The molecule has 1 aromatic carbocycles. The number of nitrogens with one attached hydrogen (secondary N) is 1. The molecule has 1 heterocycles. The van der Waals surface area contributed by atoms with Gasteiger partial charge in [0, 0.05) is 30.2 Å². The fourth-order valence-corrected chi connectivity index (χ4v) is 2.42. The molecular weight excluding hydrogens is 216 g/mol. The molecule has 1 N–H and O–H groups in total. The number of hydrogen-bond donors (Lipinski definition) is 1. The smallest absolute Gasteiger partial charge is 0.0956 e. The third-order valence-corrected chi connectivity index (χ3v) is 3.66. The van der Waals surface area contributed by atoms with Crippen LogP contribution in [0.4, 0.5) is 5.69 Å². The van der Waals surface area contributed by atoms with E-state index in [4.69, 9.17) is 0 Å². The molecular formula is C13H16N2S. The Labute approximate surface area is 100 Å². The quantitative estimate of drug-likeness (QED) is 0.872. The van der Waals surface area contributed by atoms with E-state index in [-0.39, 0.29) is 0 Å². The summed E-state index contributed by atoms with van der Waals surface area (Å²) in [5.41, 5.74) is 2.52. The predicted molar refractivity (Wildman–Crippen MR) is 70.2 cm³/mol. The van der Waals surface area contributed by atoms with Gasteiger partial charge < -0.3 is 5.32 Å². The summed E-state index contributed by atoms with van der Waals surface area (Å²) in [6.07, 6.45) is 2.93. The van der Waals surface area contributed by atoms with Gasteiger partial charge in [-0.1, -0.05) is 19.1 Å². The molecule has 0 spiro atoms. The first-order valence-corrected chi connectivity index (χ1v) is 6.33. The molecule has 0 aliphatic rings. The zero-order valence-electron chi connectivity index (χ0n) is 9.60. The van der Waals surface area contributed by atoms with Gasteiger partial charge in [0.15, 0.2) is 0 Å². The van der Waals surface area contributed by atoms with Crippen LogP contribution in [0.25, 0.3) is 0 Å². The van der Waals surface area contributed by atoms with Crippen LogP contribution in [0.15, 0.2) is 35.8 Å². The molecule has 0 amide bonds. The van der Waals surface area contributed by atoms with E-state index in [1.165, 1.54) is 10.6 Å². The van der Waals surface area contributed by atoms with E-state index < -0.39 is 0 Å². The van der Waals surface area contributed by atoms with Gasteiger partial charge in [0.25, 0.3) is 0 Å². The third-order valence-electron chi connectivity index (χ3n) is 2.66. The van der Waals surface area contributed by atoms with Gasteiger partial charge in [0.1, 0.15) is 0 Å². The average Bonchev–Trinajstić information content (AvgIpc) is 2.83. The second kappa shape index (κ2) is 5.12. The van der Waals surface area contributed by atoms with Crippen LogP contribution in [0.5, 0.6) is 0 Å². The van der Waals surface area contributed by atoms with Crippen molar-refractivity contribution in [3.8, 4) is 0 Å². The highest BCUT2D eigenvalue weighted by molar-refractivity contribution is 7.09. The minimum atomic E-state index is 0.500. The highest BCUT2D eigenvalue weighted by atomic mass is 32.1. The molecule has 0 fully saturated rings. The molecule has 0 aliphatic heterocycles. The van der Waals surface area contributed by atoms with Gasteiger partial charge in [-0.15, -0.1) is 11.3 Å². The second-order valence-electron chi connectivity index (χ2n) is 3.92. The summed E-state index contributed by atoms with van der Waals surface area (Å²) in [5.74, 6) is 0.500. The van der Waals surface area contributed by atoms with E-state index in [1.807, 2.05) is 18.6 Å². The van der Waals surface area contributed by atoms with E-state index in [0.29, 0.717) is 5.92 Å². The van der Waals surface area contributed by atoms with Gasteiger partial charge >= 0.3 is 0 Å². The molecule has 0 saturated carbocycles. The molecule has 1 unspecified atom stereocenters. The lowest BCUT2D eigenvalue weighted by molar-refractivity contribution is 0.751. The summed E-state index contributed by atoms with van der Waals surface area (Å²) in [5, 5.41) is 6.38. The average molecular weight is 232 g/mol. The van der Waals surface area contributed by atoms with Gasteiger partial charge in [0.2, 0.25) is 0 Å². The first kappa shape index (κ1) is 11.1. The van der Waals surface area contributed by atoms with E-state index in [1.54, 1.807) is 11.3 Å². The van der Waals surface area contributed by atoms with E-state index in [0.717, 1.165) is 12.1 Å². The minimum absolute atomic E-state index is 0.500. The lowest BCUT2D eigenvalue weighted by atomic mass is 10.0. The fourth-order valence-electron chi connectivity index (χ4n) is 1.73. The number of anilines is 1. The number of thiazole rings is 1. The molecule has 1 aromatic heterocycles. The molecule has 1 atom stereocenters. The predicted octanol–water partition coefficient (Wildman–Crippen LogP) is 3.53. The molecule has 2 rings (SSSR count). The van der Waals surface area contributed by atoms with Crippen molar-refractivity contribution in [2.45, 2.75) is 19.3 Å². The van der Waals surface area contributed by atoms with Crippen molar-refractivity contribution < 1.29 is 0 Å². The van der Waals surface area contributed by atoms with Crippen LogP contribution in [0.2, 0.25) is 0 Å². The highest BCUT2D eigenvalue weighted by Gasteiger charge is 2.08. The highest BCUT2D eigenvalue weighted by Crippen LogP contribution is 2.22. The van der Waals surface area contributed by atoms with Gasteiger partial charge in [-0.05, 0) is 24.1 Å². The summed E-state index contributed by atoms with van der Waals surface area (Å²) in [6, 6.07) is 8.58. The normalized spacial score (nSPS) is 12.4. The molecule has 0 bridgehead atoms. The Morgan fingerprint density at radius 1 is 1.31 bits per heavy atom. The second-order valence-corrected chi connectivity index (χ2v) is 4.85. The van der Waals surface area contributed by atoms with Gasteiger partial charge in [-0.3, -0.25) is 0 Å². The molecule has 0 saturated heterocycles. The van der Waals surface area contributed by atoms with E-state index in [9.17, 15) is 0 Å². The zero-order chi connectivity index (χ0) is 11.4. The lowest BCUT2D eigenvalue weighted by Gasteiger charge is -2.08. The van der Waals surface area contributed by atoms with Gasteiger partial charge in [-0.2, -0.15) is 0 Å². The Bertz CT molecular complexity index is 420. The van der Waals surface area contributed by atoms with Crippen molar-refractivity contribution in [2.75, 3.05) is 12.4 Å². The Hall–Kier alpha value is -1.35. The first-order chi connectivity index (χ1) is 7.79. The maximum atomic E-state index is 4.35. The van der Waals surface area contributed by atoms with Crippen molar-refractivity contribution >= 4 is 17.0 Å². The van der Waals surface area contributed by atoms with Crippen LogP contribution in [-0.2, 0) is 6.42 Å². The number of hydrogen-bond acceptors (Lipinski definition) is 3. The summed E-state index contributed by atoms with van der Waals surface area (Å²) >= 11 is 1.73. The van der Waals surface area contributed by atoms with Crippen LogP contribution in [0.1, 0.15) is 23.4 Å². The summed E-state index contributed by atoms with van der Waals surface area (Å²) in [6.45, 7) is 2.23. The van der Waals surface area contributed by atoms with Crippen LogP contribution >= 0.6 is 11.3 Å². The molecule has 84 valence electrons. The minimum Gasteiger partial charge on any atom is -0.388 e. The number of rotatable bonds is 4. The molecule has 3 heteroatoms. The fraction of sp³-hybridized carbons (Fsp3) is 0.308. The number of aromatic nitrogens is 1. The molecule has 2 aromatic rings. The van der Waals surface area contributed by atoms with Crippen molar-refractivity contribution in [1.82, 2.24) is 4.98 Å². The lowest BCUT2D eigenvalue weighted by Crippen LogP contribution is -1.98. The van der Waals surface area contributed by atoms with Crippen molar-refractivity contribution in [1.29, 1.82) is 0 Å². The van der Waals surface area contributed by atoms with Crippen LogP contribution < -0.4 is 5.32 Å². The first-order valence-electron chi connectivity index (χ1n) is 5.45. The Morgan fingerprint density at radius 2 is 2.06 bits per heavy atom. The van der Waals surface area contributed by atoms with Crippen molar-refractivity contribution in [3.05, 3.63) is 46.4 Å². The summed E-state index contributed by atoms with van der Waals surface area (Å²) in [7, 11) is 1.94. The van der Waals surface area contributed by atoms with Gasteiger partial charge in [-0.25, -0.2) is 4.98 Å². The summed E-state index contributed by atoms with van der Waals surface area (Å²) < 4.78 is 0. The SMILES string of the molecule is CNc1ccc(CC(C)c2nccs2)cc1. The Kier molecular flexibility index (Phi) is 3.57. The van der Waals surface area contributed by atoms with Crippen molar-refractivity contribution in [3.63, 3.8) is 0 Å². The standard InChI is InChI=1S/C13H16N2S/c1-10(13-15-7-8-16-13)9-11-3-5-12(14-2)6-4-11/h3-8,10,14H,9H2,1-2H3. The monoisotopic (exact) mass is 232 g/mol. The Balaban J connectivity index is 2.03. The molecule has 16 heavy (non-hydrogen) atoms. The van der Waals surface area contributed by atoms with E-state index >= 15 is 0 Å². The third kappa shape index (κ3) is 2.61. The topological polar surface area (TPSA) is 24.9 Å². The number of nitrogens with zero attached hydrogens (tertiary/aromatic N) is 1. The van der Waals surface area contributed by atoms with Gasteiger partial charge in [0.05, 0.1) is 5.01 Å². The molecule has 0 radical (unpaired) electrons. The van der Waals surface area contributed by atoms with E-state index in [2.05, 4.69) is 41.5 Å². The van der Waals surface area contributed by atoms with Crippen LogP contribution in [0.3, 0.4) is 0 Å². The van der Waals surface area contributed by atoms with Crippen LogP contribution in [0, 0.1) is 0 Å². The molecule has 0 aliphatic carbocycles. The zero-order valence-corrected chi connectivity index (χ0v) is 10.4. The summed E-state index contributed by atoms with van der Waals surface area (Å²) in [4.78, 5) is 4.35. The molecule has 2 nitrogen and oxygen atoms in total. The largest absolute Gasteiger partial charge is 0.388 e. The van der Waals surface area contributed by atoms with Crippen LogP contribution in [-0.4, -0.2) is 12.0 Å². The van der Waals surface area contributed by atoms with Crippen molar-refractivity contribution in [2.24, 2.45) is 0 Å². The maximum Gasteiger partial charge on any atom is 0.0956 e. The number of benzene rings is 1. The maximum absolute atomic E-state index is 4.35.